The Hall–Kier alpha value is -2.19. The monoisotopic (exact) mass is 347 g/mol. The van der Waals surface area contributed by atoms with Gasteiger partial charge in [0.25, 0.3) is 0 Å². The Morgan fingerprint density at radius 3 is 3.04 bits per heavy atom. The van der Waals surface area contributed by atoms with Crippen molar-refractivity contribution in [1.82, 2.24) is 24.8 Å². The van der Waals surface area contributed by atoms with E-state index in [1.165, 1.54) is 0 Å². The van der Waals surface area contributed by atoms with Gasteiger partial charge in [0.05, 0.1) is 25.8 Å². The molecule has 1 atom stereocenters. The Kier molecular flexibility index (Phi) is 5.19. The molecule has 0 radical (unpaired) electrons. The molecule has 25 heavy (non-hydrogen) atoms. The number of aromatic nitrogens is 3. The molecule has 1 N–H and O–H groups in total. The van der Waals surface area contributed by atoms with Gasteiger partial charge >= 0.3 is 6.09 Å². The average Bonchev–Trinajstić information content (AvgIpc) is 2.97. The number of ether oxygens (including phenoxy) is 2. The summed E-state index contributed by atoms with van der Waals surface area (Å²) in [7, 11) is 0. The zero-order valence-electron chi connectivity index (χ0n) is 14.9. The Bertz CT molecular complexity index is 724. The summed E-state index contributed by atoms with van der Waals surface area (Å²) in [4.78, 5) is 14.1. The van der Waals surface area contributed by atoms with Crippen molar-refractivity contribution in [3.8, 4) is 0 Å². The zero-order valence-corrected chi connectivity index (χ0v) is 14.9. The fourth-order valence-corrected chi connectivity index (χ4v) is 2.75. The molecule has 1 saturated heterocycles. The summed E-state index contributed by atoms with van der Waals surface area (Å²) in [5.41, 5.74) is 0.309. The van der Waals surface area contributed by atoms with Gasteiger partial charge in [0.15, 0.2) is 11.5 Å². The van der Waals surface area contributed by atoms with Crippen LogP contribution < -0.4 is 5.32 Å². The maximum Gasteiger partial charge on any atom is 0.410 e. The van der Waals surface area contributed by atoms with Gasteiger partial charge in [-0.05, 0) is 32.9 Å². The Morgan fingerprint density at radius 1 is 1.40 bits per heavy atom. The van der Waals surface area contributed by atoms with Crippen LogP contribution in [0.3, 0.4) is 0 Å². The molecule has 1 aliphatic heterocycles. The number of amides is 1. The minimum atomic E-state index is -0.506. The van der Waals surface area contributed by atoms with Crippen LogP contribution in [0, 0.1) is 0 Å². The summed E-state index contributed by atoms with van der Waals surface area (Å²) < 4.78 is 13.0. The highest BCUT2D eigenvalue weighted by molar-refractivity contribution is 5.68. The van der Waals surface area contributed by atoms with E-state index in [0.717, 1.165) is 11.5 Å². The van der Waals surface area contributed by atoms with E-state index in [4.69, 9.17) is 9.47 Å². The van der Waals surface area contributed by atoms with E-state index in [-0.39, 0.29) is 12.1 Å². The van der Waals surface area contributed by atoms with Crippen LogP contribution in [0.4, 0.5) is 4.79 Å². The lowest BCUT2D eigenvalue weighted by atomic mass is 10.2. The summed E-state index contributed by atoms with van der Waals surface area (Å²) in [6.45, 7) is 8.33. The van der Waals surface area contributed by atoms with Gasteiger partial charge in [-0.2, -0.15) is 0 Å². The van der Waals surface area contributed by atoms with Crippen molar-refractivity contribution in [2.75, 3.05) is 26.3 Å². The van der Waals surface area contributed by atoms with Crippen LogP contribution >= 0.6 is 0 Å². The highest BCUT2D eigenvalue weighted by atomic mass is 16.6. The molecule has 1 aliphatic rings. The van der Waals surface area contributed by atoms with Gasteiger partial charge in [-0.25, -0.2) is 4.79 Å². The number of morpholine rings is 1. The molecule has 0 bridgehead atoms. The summed E-state index contributed by atoms with van der Waals surface area (Å²) in [6.07, 6.45) is 1.64. The number of carbonyl (C=O) groups excluding carboxylic acids is 1. The molecule has 8 heteroatoms. The van der Waals surface area contributed by atoms with Crippen LogP contribution in [0.2, 0.25) is 0 Å². The van der Waals surface area contributed by atoms with Gasteiger partial charge in [0.1, 0.15) is 5.60 Å². The molecule has 0 aliphatic carbocycles. The summed E-state index contributed by atoms with van der Waals surface area (Å²) in [5, 5.41) is 11.7. The molecule has 1 fully saturated rings. The first-order chi connectivity index (χ1) is 11.9. The number of rotatable bonds is 4. The van der Waals surface area contributed by atoms with E-state index in [1.807, 2.05) is 49.6 Å². The van der Waals surface area contributed by atoms with E-state index < -0.39 is 5.60 Å². The van der Waals surface area contributed by atoms with Crippen LogP contribution in [0.5, 0.6) is 0 Å². The van der Waals surface area contributed by atoms with Crippen LogP contribution in [-0.4, -0.2) is 63.5 Å². The molecule has 0 aromatic carbocycles. The minimum Gasteiger partial charge on any atom is -0.444 e. The van der Waals surface area contributed by atoms with E-state index in [9.17, 15) is 4.79 Å². The number of nitrogens with zero attached hydrogens (tertiary/aromatic N) is 4. The molecule has 2 aromatic rings. The lowest BCUT2D eigenvalue weighted by Crippen LogP contribution is -2.54. The van der Waals surface area contributed by atoms with Crippen LogP contribution in [0.1, 0.15) is 26.6 Å². The number of hydrogen-bond donors (Lipinski definition) is 1. The first-order valence-electron chi connectivity index (χ1n) is 8.51. The van der Waals surface area contributed by atoms with E-state index in [1.54, 1.807) is 4.90 Å². The third-order valence-corrected chi connectivity index (χ3v) is 3.90. The Labute approximate surface area is 147 Å². The first-order valence-corrected chi connectivity index (χ1v) is 8.51. The molecule has 3 rings (SSSR count). The molecule has 0 saturated carbocycles. The van der Waals surface area contributed by atoms with Gasteiger partial charge in [-0.15, -0.1) is 10.2 Å². The van der Waals surface area contributed by atoms with Gasteiger partial charge < -0.3 is 14.8 Å². The fraction of sp³-hybridized carbons (Fsp3) is 0.588. The number of carbonyl (C=O) groups is 1. The molecule has 2 aromatic heterocycles. The largest absolute Gasteiger partial charge is 0.444 e. The second-order valence-corrected chi connectivity index (χ2v) is 7.08. The number of nitrogens with one attached hydrogen (secondary N) is 1. The van der Waals surface area contributed by atoms with Crippen molar-refractivity contribution < 1.29 is 14.3 Å². The molecular weight excluding hydrogens is 322 g/mol. The predicted octanol–water partition coefficient (Wildman–Crippen LogP) is 1.45. The lowest BCUT2D eigenvalue weighted by Gasteiger charge is -2.36. The number of fused-ring (bicyclic) bond motifs is 1. The smallest absolute Gasteiger partial charge is 0.410 e. The second-order valence-electron chi connectivity index (χ2n) is 7.08. The molecule has 8 nitrogen and oxygen atoms in total. The van der Waals surface area contributed by atoms with Crippen molar-refractivity contribution in [3.05, 3.63) is 30.2 Å². The second kappa shape index (κ2) is 7.37. The predicted molar refractivity (Wildman–Crippen MR) is 92.2 cm³/mol. The summed E-state index contributed by atoms with van der Waals surface area (Å²) in [6, 6.07) is 5.72. The third-order valence-electron chi connectivity index (χ3n) is 3.90. The van der Waals surface area contributed by atoms with E-state index in [2.05, 4.69) is 15.5 Å². The van der Waals surface area contributed by atoms with Crippen molar-refractivity contribution in [2.45, 2.75) is 39.0 Å². The molecule has 1 amide bonds. The summed E-state index contributed by atoms with van der Waals surface area (Å²) >= 11 is 0. The maximum absolute atomic E-state index is 12.4. The Morgan fingerprint density at radius 2 is 2.24 bits per heavy atom. The minimum absolute atomic E-state index is 0.0669. The maximum atomic E-state index is 12.4. The zero-order chi connectivity index (χ0) is 17.9. The first kappa shape index (κ1) is 17.6. The Balaban J connectivity index is 1.57. The number of hydrogen-bond acceptors (Lipinski definition) is 6. The van der Waals surface area contributed by atoms with E-state index >= 15 is 0 Å². The fourth-order valence-electron chi connectivity index (χ4n) is 2.75. The van der Waals surface area contributed by atoms with Gasteiger partial charge in [0.2, 0.25) is 0 Å². The molecule has 0 spiro atoms. The topological polar surface area (TPSA) is 81.0 Å². The average molecular weight is 347 g/mol. The molecular formula is C17H25N5O3. The SMILES string of the molecule is CC(C)(C)OC(=O)N1CCOC[C@H]1CNCc1nnc2ccccn12. The molecule has 3 heterocycles. The van der Waals surface area contributed by atoms with Gasteiger partial charge in [-0.1, -0.05) is 6.07 Å². The van der Waals surface area contributed by atoms with E-state index in [0.29, 0.717) is 32.8 Å². The van der Waals surface area contributed by atoms with Crippen LogP contribution in [0.15, 0.2) is 24.4 Å². The highest BCUT2D eigenvalue weighted by Crippen LogP contribution is 2.14. The van der Waals surface area contributed by atoms with Crippen molar-refractivity contribution >= 4 is 11.7 Å². The normalized spacial score (nSPS) is 18.5. The quantitative estimate of drug-likeness (QED) is 0.902. The van der Waals surface area contributed by atoms with Crippen LogP contribution in [-0.2, 0) is 16.0 Å². The standard InChI is InChI=1S/C17H25N5O3/c1-17(2,3)25-16(23)21-8-9-24-12-13(21)10-18-11-15-20-19-14-6-4-5-7-22(14)15/h4-7,13,18H,8-12H2,1-3H3/t13-/m1/s1. The molecule has 136 valence electrons. The van der Waals surface area contributed by atoms with Gasteiger partial charge in [0, 0.05) is 19.3 Å². The van der Waals surface area contributed by atoms with Crippen molar-refractivity contribution in [3.63, 3.8) is 0 Å². The number of pyridine rings is 1. The van der Waals surface area contributed by atoms with Crippen molar-refractivity contribution in [2.24, 2.45) is 0 Å². The summed E-state index contributed by atoms with van der Waals surface area (Å²) in [5.74, 6) is 0.830. The molecule has 0 unspecified atom stereocenters. The van der Waals surface area contributed by atoms with Gasteiger partial charge in [-0.3, -0.25) is 9.30 Å². The van der Waals surface area contributed by atoms with Crippen LogP contribution in [0.25, 0.3) is 5.65 Å². The van der Waals surface area contributed by atoms with Crippen molar-refractivity contribution in [1.29, 1.82) is 0 Å². The highest BCUT2D eigenvalue weighted by Gasteiger charge is 2.30. The third kappa shape index (κ3) is 4.46. The lowest BCUT2D eigenvalue weighted by molar-refractivity contribution is -0.0318.